The SMILES string of the molecule is CCCCN1CCN(C(c2ccccc2)c2nnc([C@](C)(N)Cc3ccccc3)o2)C(=O)C1=O. The molecule has 0 saturated carbocycles. The number of hydrogen-bond donors (Lipinski definition) is 1. The van der Waals surface area contributed by atoms with Crippen LogP contribution >= 0.6 is 0 Å². The molecular formula is C26H31N5O3. The zero-order valence-corrected chi connectivity index (χ0v) is 19.7. The summed E-state index contributed by atoms with van der Waals surface area (Å²) in [7, 11) is 0. The fourth-order valence-electron chi connectivity index (χ4n) is 4.26. The van der Waals surface area contributed by atoms with E-state index in [9.17, 15) is 9.59 Å². The van der Waals surface area contributed by atoms with Crippen molar-refractivity contribution < 1.29 is 14.0 Å². The van der Waals surface area contributed by atoms with Crippen LogP contribution in [0.2, 0.25) is 0 Å². The van der Waals surface area contributed by atoms with Gasteiger partial charge in [0.05, 0.1) is 5.54 Å². The number of carbonyl (C=O) groups excluding carboxylic acids is 2. The van der Waals surface area contributed by atoms with Gasteiger partial charge >= 0.3 is 11.8 Å². The second-order valence-electron chi connectivity index (χ2n) is 8.98. The Morgan fingerprint density at radius 3 is 2.35 bits per heavy atom. The summed E-state index contributed by atoms with van der Waals surface area (Å²) in [6, 6.07) is 18.6. The van der Waals surface area contributed by atoms with Gasteiger partial charge < -0.3 is 20.0 Å². The minimum Gasteiger partial charge on any atom is -0.421 e. The van der Waals surface area contributed by atoms with Crippen LogP contribution in [0.1, 0.15) is 55.6 Å². The maximum Gasteiger partial charge on any atom is 0.313 e. The third-order valence-electron chi connectivity index (χ3n) is 6.13. The van der Waals surface area contributed by atoms with Crippen molar-refractivity contribution in [2.45, 2.75) is 44.7 Å². The highest BCUT2D eigenvalue weighted by Crippen LogP contribution is 2.32. The molecule has 1 fully saturated rings. The number of unbranched alkanes of at least 4 members (excludes halogenated alkanes) is 1. The number of hydrogen-bond acceptors (Lipinski definition) is 6. The molecule has 0 bridgehead atoms. The number of nitrogens with two attached hydrogens (primary N) is 1. The molecule has 0 aliphatic carbocycles. The van der Waals surface area contributed by atoms with Crippen molar-refractivity contribution in [3.05, 3.63) is 83.6 Å². The first-order chi connectivity index (χ1) is 16.4. The quantitative estimate of drug-likeness (QED) is 0.491. The highest BCUT2D eigenvalue weighted by Gasteiger charge is 2.40. The van der Waals surface area contributed by atoms with E-state index in [1.54, 1.807) is 4.90 Å². The molecule has 3 aromatic rings. The number of aromatic nitrogens is 2. The molecule has 2 aromatic carbocycles. The molecule has 2 N–H and O–H groups in total. The van der Waals surface area contributed by atoms with E-state index in [0.717, 1.165) is 24.0 Å². The molecule has 1 aliphatic rings. The molecule has 1 aliphatic heterocycles. The molecule has 34 heavy (non-hydrogen) atoms. The van der Waals surface area contributed by atoms with Crippen LogP contribution in [0.4, 0.5) is 0 Å². The van der Waals surface area contributed by atoms with Gasteiger partial charge in [0.1, 0.15) is 6.04 Å². The van der Waals surface area contributed by atoms with Crippen molar-refractivity contribution >= 4 is 11.8 Å². The Hall–Kier alpha value is -3.52. The third-order valence-corrected chi connectivity index (χ3v) is 6.13. The lowest BCUT2D eigenvalue weighted by molar-refractivity contribution is -0.157. The minimum atomic E-state index is -0.896. The fraction of sp³-hybridized carbons (Fsp3) is 0.385. The first-order valence-corrected chi connectivity index (χ1v) is 11.7. The third kappa shape index (κ3) is 5.02. The molecular weight excluding hydrogens is 430 g/mol. The number of benzene rings is 2. The zero-order chi connectivity index (χ0) is 24.1. The summed E-state index contributed by atoms with van der Waals surface area (Å²) < 4.78 is 6.10. The summed E-state index contributed by atoms with van der Waals surface area (Å²) in [5.74, 6) is -0.523. The average Bonchev–Trinajstić information content (AvgIpc) is 3.33. The van der Waals surface area contributed by atoms with Crippen molar-refractivity contribution in [1.29, 1.82) is 0 Å². The zero-order valence-electron chi connectivity index (χ0n) is 19.7. The molecule has 1 unspecified atom stereocenters. The number of carbonyl (C=O) groups is 2. The normalized spacial score (nSPS) is 17.0. The highest BCUT2D eigenvalue weighted by molar-refractivity contribution is 6.35. The van der Waals surface area contributed by atoms with Crippen molar-refractivity contribution in [2.24, 2.45) is 5.73 Å². The van der Waals surface area contributed by atoms with Crippen LogP contribution in [-0.2, 0) is 21.5 Å². The Morgan fingerprint density at radius 1 is 1.00 bits per heavy atom. The van der Waals surface area contributed by atoms with Gasteiger partial charge in [-0.3, -0.25) is 9.59 Å². The smallest absolute Gasteiger partial charge is 0.313 e. The molecule has 178 valence electrons. The van der Waals surface area contributed by atoms with Crippen LogP contribution in [0.25, 0.3) is 0 Å². The predicted molar refractivity (Wildman–Crippen MR) is 127 cm³/mol. The standard InChI is InChI=1S/C26H31N5O3/c1-3-4-15-30-16-17-31(24(33)23(30)32)21(20-13-9-6-10-14-20)22-28-29-25(34-22)26(2,27)18-19-11-7-5-8-12-19/h5-14,21H,3-4,15-18,27H2,1-2H3/t21?,26-/m1/s1. The van der Waals surface area contributed by atoms with Crippen LogP contribution in [-0.4, -0.2) is 51.4 Å². The van der Waals surface area contributed by atoms with Crippen LogP contribution in [0.15, 0.2) is 65.1 Å². The molecule has 0 spiro atoms. The van der Waals surface area contributed by atoms with Gasteiger partial charge in [0, 0.05) is 19.6 Å². The lowest BCUT2D eigenvalue weighted by atomic mass is 9.94. The van der Waals surface area contributed by atoms with Gasteiger partial charge in [-0.25, -0.2) is 0 Å². The Balaban J connectivity index is 1.63. The average molecular weight is 462 g/mol. The van der Waals surface area contributed by atoms with Crippen LogP contribution < -0.4 is 5.73 Å². The highest BCUT2D eigenvalue weighted by atomic mass is 16.4. The van der Waals surface area contributed by atoms with Crippen molar-refractivity contribution in [1.82, 2.24) is 20.0 Å². The van der Waals surface area contributed by atoms with Crippen molar-refractivity contribution in [2.75, 3.05) is 19.6 Å². The van der Waals surface area contributed by atoms with Gasteiger partial charge in [-0.05, 0) is 30.9 Å². The molecule has 0 radical (unpaired) electrons. The summed E-state index contributed by atoms with van der Waals surface area (Å²) in [4.78, 5) is 29.1. The molecule has 8 nitrogen and oxygen atoms in total. The summed E-state index contributed by atoms with van der Waals surface area (Å²) in [6.45, 7) is 5.34. The predicted octanol–water partition coefficient (Wildman–Crippen LogP) is 3.05. The Bertz CT molecular complexity index is 1110. The molecule has 2 atom stereocenters. The fourth-order valence-corrected chi connectivity index (χ4v) is 4.26. The topological polar surface area (TPSA) is 106 Å². The van der Waals surface area contributed by atoms with Gasteiger partial charge in [0.25, 0.3) is 0 Å². The maximum atomic E-state index is 13.2. The van der Waals surface area contributed by atoms with Crippen molar-refractivity contribution in [3.8, 4) is 0 Å². The van der Waals surface area contributed by atoms with E-state index in [4.69, 9.17) is 10.2 Å². The number of nitrogens with zero attached hydrogens (tertiary/aromatic N) is 4. The molecule has 1 aromatic heterocycles. The van der Waals surface area contributed by atoms with Gasteiger partial charge in [0.2, 0.25) is 11.8 Å². The van der Waals surface area contributed by atoms with Gasteiger partial charge in [-0.2, -0.15) is 0 Å². The molecule has 2 heterocycles. The molecule has 4 rings (SSSR count). The van der Waals surface area contributed by atoms with Crippen LogP contribution in [0.3, 0.4) is 0 Å². The Morgan fingerprint density at radius 2 is 1.68 bits per heavy atom. The Labute approximate surface area is 199 Å². The van der Waals surface area contributed by atoms with Gasteiger partial charge in [0.15, 0.2) is 0 Å². The summed E-state index contributed by atoms with van der Waals surface area (Å²) in [5.41, 5.74) is 7.53. The minimum absolute atomic E-state index is 0.245. The molecule has 1 saturated heterocycles. The monoisotopic (exact) mass is 461 g/mol. The largest absolute Gasteiger partial charge is 0.421 e. The maximum absolute atomic E-state index is 13.2. The van der Waals surface area contributed by atoms with E-state index in [0.29, 0.717) is 26.1 Å². The first kappa shape index (κ1) is 23.6. The lowest BCUT2D eigenvalue weighted by Crippen LogP contribution is -2.55. The van der Waals surface area contributed by atoms with Crippen LogP contribution in [0.5, 0.6) is 0 Å². The lowest BCUT2D eigenvalue weighted by Gasteiger charge is -2.37. The second-order valence-corrected chi connectivity index (χ2v) is 8.98. The van der Waals surface area contributed by atoms with Crippen LogP contribution in [0, 0.1) is 0 Å². The van der Waals surface area contributed by atoms with E-state index in [2.05, 4.69) is 17.1 Å². The number of rotatable bonds is 9. The Kier molecular flexibility index (Phi) is 7.07. The second kappa shape index (κ2) is 10.2. The van der Waals surface area contributed by atoms with E-state index in [-0.39, 0.29) is 11.8 Å². The van der Waals surface area contributed by atoms with E-state index < -0.39 is 23.4 Å². The van der Waals surface area contributed by atoms with Gasteiger partial charge in [-0.1, -0.05) is 74.0 Å². The van der Waals surface area contributed by atoms with Crippen molar-refractivity contribution in [3.63, 3.8) is 0 Å². The van der Waals surface area contributed by atoms with E-state index >= 15 is 0 Å². The number of amides is 2. The van der Waals surface area contributed by atoms with E-state index in [1.807, 2.05) is 67.6 Å². The molecule has 2 amide bonds. The molecule has 8 heteroatoms. The summed E-state index contributed by atoms with van der Waals surface area (Å²) in [5, 5.41) is 8.54. The van der Waals surface area contributed by atoms with E-state index in [1.165, 1.54) is 4.90 Å². The first-order valence-electron chi connectivity index (χ1n) is 11.7. The van der Waals surface area contributed by atoms with Gasteiger partial charge in [-0.15, -0.1) is 10.2 Å². The summed E-state index contributed by atoms with van der Waals surface area (Å²) in [6.07, 6.45) is 2.34. The number of piperazine rings is 1. The summed E-state index contributed by atoms with van der Waals surface area (Å²) >= 11 is 0.